The highest BCUT2D eigenvalue weighted by Crippen LogP contribution is 2.26. The Labute approximate surface area is 165 Å². The molecule has 0 aromatic heterocycles. The lowest BCUT2D eigenvalue weighted by atomic mass is 10.1. The topological polar surface area (TPSA) is 109 Å². The average Bonchev–Trinajstić information content (AvgIpc) is 3.42. The second-order valence-corrected chi connectivity index (χ2v) is 11.0. The monoisotopic (exact) mass is 422 g/mol. The van der Waals surface area contributed by atoms with Gasteiger partial charge in [0.15, 0.2) is 19.7 Å². The van der Waals surface area contributed by atoms with Gasteiger partial charge < -0.3 is 10.6 Å². The largest absolute Gasteiger partial charge is 0.380 e. The summed E-state index contributed by atoms with van der Waals surface area (Å²) in [6.45, 7) is 0.325. The molecule has 0 saturated heterocycles. The van der Waals surface area contributed by atoms with Crippen molar-refractivity contribution >= 4 is 31.3 Å². The number of nitrogens with one attached hydrogen (secondary N) is 2. The van der Waals surface area contributed by atoms with E-state index < -0.39 is 19.7 Å². The van der Waals surface area contributed by atoms with Gasteiger partial charge in [0.25, 0.3) is 5.91 Å². The van der Waals surface area contributed by atoms with E-state index in [0.29, 0.717) is 17.8 Å². The van der Waals surface area contributed by atoms with Crippen molar-refractivity contribution in [3.63, 3.8) is 0 Å². The lowest BCUT2D eigenvalue weighted by Gasteiger charge is -2.13. The highest BCUT2D eigenvalue weighted by molar-refractivity contribution is 7.91. The van der Waals surface area contributed by atoms with Gasteiger partial charge in [-0.25, -0.2) is 16.8 Å². The van der Waals surface area contributed by atoms with Gasteiger partial charge in [0.1, 0.15) is 0 Å². The molecule has 2 aromatic carbocycles. The summed E-state index contributed by atoms with van der Waals surface area (Å²) >= 11 is 0. The van der Waals surface area contributed by atoms with Crippen molar-refractivity contribution in [3.05, 3.63) is 53.6 Å². The van der Waals surface area contributed by atoms with Crippen LogP contribution in [0.1, 0.15) is 28.8 Å². The van der Waals surface area contributed by atoms with Gasteiger partial charge in [-0.3, -0.25) is 4.79 Å². The number of amides is 1. The van der Waals surface area contributed by atoms with E-state index in [1.54, 1.807) is 24.3 Å². The number of sulfone groups is 2. The molecular formula is C19H22N2O5S2. The number of benzene rings is 2. The number of carbonyl (C=O) groups is 1. The van der Waals surface area contributed by atoms with Crippen LogP contribution < -0.4 is 10.6 Å². The van der Waals surface area contributed by atoms with E-state index in [9.17, 15) is 21.6 Å². The van der Waals surface area contributed by atoms with E-state index >= 15 is 0 Å². The van der Waals surface area contributed by atoms with Crippen LogP contribution in [0.3, 0.4) is 0 Å². The van der Waals surface area contributed by atoms with Gasteiger partial charge in [-0.15, -0.1) is 0 Å². The lowest BCUT2D eigenvalue weighted by Crippen LogP contribution is -2.25. The minimum atomic E-state index is -3.62. The van der Waals surface area contributed by atoms with E-state index in [4.69, 9.17) is 0 Å². The molecule has 150 valence electrons. The maximum absolute atomic E-state index is 12.1. The predicted octanol–water partition coefficient (Wildman–Crippen LogP) is 2.00. The van der Waals surface area contributed by atoms with E-state index in [1.165, 1.54) is 12.1 Å². The number of carbonyl (C=O) groups excluding carboxylic acids is 1. The SMILES string of the molecule is CS(=O)(=O)c1ccc(NCc2ccc(C(=O)NC3CC3)cc2)c(S(C)(=O)=O)c1. The molecule has 7 nitrogen and oxygen atoms in total. The van der Waals surface area contributed by atoms with Crippen molar-refractivity contribution in [2.75, 3.05) is 17.8 Å². The Morgan fingerprint density at radius 2 is 1.61 bits per heavy atom. The number of hydrogen-bond donors (Lipinski definition) is 2. The van der Waals surface area contributed by atoms with Gasteiger partial charge in [-0.1, -0.05) is 12.1 Å². The first-order chi connectivity index (χ1) is 13.0. The molecule has 28 heavy (non-hydrogen) atoms. The quantitative estimate of drug-likeness (QED) is 0.706. The zero-order valence-corrected chi connectivity index (χ0v) is 17.2. The predicted molar refractivity (Wildman–Crippen MR) is 107 cm³/mol. The summed E-state index contributed by atoms with van der Waals surface area (Å²) < 4.78 is 47.6. The standard InChI is InChI=1S/C19H22N2O5S2/c1-27(23,24)16-9-10-17(18(11-16)28(2,25)26)20-12-13-3-5-14(6-4-13)19(22)21-15-7-8-15/h3-6,9-11,15,20H,7-8,12H2,1-2H3,(H,21,22). The summed E-state index contributed by atoms with van der Waals surface area (Å²) in [5.74, 6) is -0.0993. The third kappa shape index (κ3) is 5.11. The van der Waals surface area contributed by atoms with Crippen LogP contribution in [0.5, 0.6) is 0 Å². The van der Waals surface area contributed by atoms with Gasteiger partial charge in [0.05, 0.1) is 15.5 Å². The molecule has 1 saturated carbocycles. The maximum Gasteiger partial charge on any atom is 0.251 e. The summed E-state index contributed by atoms with van der Waals surface area (Å²) in [5, 5.41) is 5.95. The van der Waals surface area contributed by atoms with Crippen LogP contribution in [0.4, 0.5) is 5.69 Å². The Kier molecular flexibility index (Phi) is 5.49. The first kappa shape index (κ1) is 20.3. The van der Waals surface area contributed by atoms with Crippen LogP contribution in [0.25, 0.3) is 0 Å². The second kappa shape index (κ2) is 7.56. The van der Waals surface area contributed by atoms with Crippen LogP contribution in [-0.2, 0) is 26.2 Å². The van der Waals surface area contributed by atoms with Crippen molar-refractivity contribution < 1.29 is 21.6 Å². The molecule has 0 atom stereocenters. The summed E-state index contributed by atoms with van der Waals surface area (Å²) in [4.78, 5) is 11.9. The number of anilines is 1. The van der Waals surface area contributed by atoms with Crippen molar-refractivity contribution in [2.24, 2.45) is 0 Å². The normalized spacial score (nSPS) is 14.5. The summed E-state index contributed by atoms with van der Waals surface area (Å²) in [6, 6.07) is 11.3. The van der Waals surface area contributed by atoms with Crippen LogP contribution in [0, 0.1) is 0 Å². The van der Waals surface area contributed by atoms with Crippen LogP contribution >= 0.6 is 0 Å². The van der Waals surface area contributed by atoms with Gasteiger partial charge in [-0.05, 0) is 48.7 Å². The summed E-state index contributed by atoms with van der Waals surface area (Å²) in [6.07, 6.45) is 4.11. The molecule has 0 radical (unpaired) electrons. The Morgan fingerprint density at radius 3 is 2.14 bits per heavy atom. The van der Waals surface area contributed by atoms with E-state index in [0.717, 1.165) is 37.0 Å². The third-order valence-corrected chi connectivity index (χ3v) is 6.64. The first-order valence-electron chi connectivity index (χ1n) is 8.72. The third-order valence-electron chi connectivity index (χ3n) is 4.39. The van der Waals surface area contributed by atoms with Crippen molar-refractivity contribution in [1.82, 2.24) is 5.32 Å². The molecule has 9 heteroatoms. The van der Waals surface area contributed by atoms with Crippen LogP contribution in [-0.4, -0.2) is 41.3 Å². The molecule has 0 bridgehead atoms. The molecule has 1 aliphatic rings. The lowest BCUT2D eigenvalue weighted by molar-refractivity contribution is 0.0951. The zero-order valence-electron chi connectivity index (χ0n) is 15.6. The molecule has 1 fully saturated rings. The Bertz CT molecular complexity index is 1100. The molecule has 3 rings (SSSR count). The van der Waals surface area contributed by atoms with Crippen molar-refractivity contribution in [3.8, 4) is 0 Å². The molecule has 1 amide bonds. The molecule has 0 spiro atoms. The zero-order chi connectivity index (χ0) is 20.5. The van der Waals surface area contributed by atoms with E-state index in [-0.39, 0.29) is 21.7 Å². The van der Waals surface area contributed by atoms with Crippen LogP contribution in [0.2, 0.25) is 0 Å². The smallest absolute Gasteiger partial charge is 0.251 e. The maximum atomic E-state index is 12.1. The first-order valence-corrected chi connectivity index (χ1v) is 12.5. The molecule has 1 aliphatic carbocycles. The van der Waals surface area contributed by atoms with E-state index in [2.05, 4.69) is 10.6 Å². The molecule has 0 unspecified atom stereocenters. The minimum Gasteiger partial charge on any atom is -0.380 e. The molecular weight excluding hydrogens is 400 g/mol. The summed E-state index contributed by atoms with van der Waals surface area (Å²) in [5.41, 5.74) is 1.75. The molecule has 0 heterocycles. The van der Waals surface area contributed by atoms with Crippen molar-refractivity contribution in [1.29, 1.82) is 0 Å². The molecule has 2 N–H and O–H groups in total. The highest BCUT2D eigenvalue weighted by atomic mass is 32.2. The van der Waals surface area contributed by atoms with Gasteiger partial charge >= 0.3 is 0 Å². The minimum absolute atomic E-state index is 0.0514. The highest BCUT2D eigenvalue weighted by Gasteiger charge is 2.23. The number of rotatable bonds is 7. The van der Waals surface area contributed by atoms with Gasteiger partial charge in [0.2, 0.25) is 0 Å². The Balaban J connectivity index is 1.75. The average molecular weight is 423 g/mol. The Morgan fingerprint density at radius 1 is 0.964 bits per heavy atom. The van der Waals surface area contributed by atoms with E-state index in [1.807, 2.05) is 0 Å². The second-order valence-electron chi connectivity index (χ2n) is 7.00. The molecule has 2 aromatic rings. The fraction of sp³-hybridized carbons (Fsp3) is 0.316. The van der Waals surface area contributed by atoms with Crippen LogP contribution in [0.15, 0.2) is 52.3 Å². The Hall–Kier alpha value is -2.39. The van der Waals surface area contributed by atoms with Gasteiger partial charge in [0, 0.05) is 30.7 Å². The number of hydrogen-bond acceptors (Lipinski definition) is 6. The summed E-state index contributed by atoms with van der Waals surface area (Å²) in [7, 11) is -7.14. The van der Waals surface area contributed by atoms with Crippen molar-refractivity contribution in [2.45, 2.75) is 35.2 Å². The van der Waals surface area contributed by atoms with Gasteiger partial charge in [-0.2, -0.15) is 0 Å². The molecule has 0 aliphatic heterocycles. The fourth-order valence-corrected chi connectivity index (χ4v) is 4.26. The fourth-order valence-electron chi connectivity index (χ4n) is 2.65.